The molecule has 0 aromatic heterocycles. The van der Waals surface area contributed by atoms with Gasteiger partial charge in [-0.05, 0) is 37.5 Å². The standard InChI is InChI=1S/C14H26O3/c1-10(2)13-5-4-11(3)6-14(13,9-13)17-12(7-15)8-16/h10-12,15-16H,4-9H2,1-3H3/t11-,13+,14-/m1/s1. The zero-order chi connectivity index (χ0) is 12.7. The molecule has 17 heavy (non-hydrogen) atoms. The third kappa shape index (κ3) is 2.02. The molecule has 0 heterocycles. The number of rotatable bonds is 5. The Morgan fingerprint density at radius 2 is 1.94 bits per heavy atom. The van der Waals surface area contributed by atoms with Gasteiger partial charge in [0.1, 0.15) is 6.10 Å². The average Bonchev–Trinajstić information content (AvgIpc) is 2.95. The number of fused-ring (bicyclic) bond motifs is 1. The highest BCUT2D eigenvalue weighted by atomic mass is 16.5. The summed E-state index contributed by atoms with van der Waals surface area (Å²) in [6.07, 6.45) is 4.31. The van der Waals surface area contributed by atoms with E-state index in [4.69, 9.17) is 4.74 Å². The van der Waals surface area contributed by atoms with E-state index in [1.165, 1.54) is 12.8 Å². The Kier molecular flexibility index (Phi) is 3.54. The maximum absolute atomic E-state index is 9.19. The largest absolute Gasteiger partial charge is 0.394 e. The molecule has 3 nitrogen and oxygen atoms in total. The molecule has 2 aliphatic carbocycles. The second-order valence-electron chi connectivity index (χ2n) is 6.43. The Labute approximate surface area is 104 Å². The predicted molar refractivity (Wildman–Crippen MR) is 66.7 cm³/mol. The van der Waals surface area contributed by atoms with Gasteiger partial charge in [-0.2, -0.15) is 0 Å². The molecule has 0 aromatic carbocycles. The van der Waals surface area contributed by atoms with E-state index in [-0.39, 0.29) is 18.8 Å². The lowest BCUT2D eigenvalue weighted by Gasteiger charge is -2.37. The lowest BCUT2D eigenvalue weighted by Crippen LogP contribution is -2.39. The van der Waals surface area contributed by atoms with Crippen molar-refractivity contribution >= 4 is 0 Å². The predicted octanol–water partition coefficient (Wildman–Crippen LogP) is 1.96. The fourth-order valence-corrected chi connectivity index (χ4v) is 3.90. The molecule has 2 N–H and O–H groups in total. The number of aliphatic hydroxyl groups is 2. The van der Waals surface area contributed by atoms with Gasteiger partial charge in [0.2, 0.25) is 0 Å². The van der Waals surface area contributed by atoms with Gasteiger partial charge in [0.15, 0.2) is 0 Å². The highest BCUT2D eigenvalue weighted by Crippen LogP contribution is 2.71. The first-order valence-corrected chi connectivity index (χ1v) is 6.89. The SMILES string of the molecule is CC(C)[C@@]12CC[C@@H](C)C[C@@]1(OC(CO)CO)C2. The Bertz CT molecular complexity index is 275. The van der Waals surface area contributed by atoms with Crippen molar-refractivity contribution in [3.05, 3.63) is 0 Å². The summed E-state index contributed by atoms with van der Waals surface area (Å²) in [6, 6.07) is 0. The summed E-state index contributed by atoms with van der Waals surface area (Å²) in [5.41, 5.74) is 0.247. The summed E-state index contributed by atoms with van der Waals surface area (Å²) in [5.74, 6) is 1.32. The molecule has 0 spiro atoms. The van der Waals surface area contributed by atoms with Gasteiger partial charge in [-0.3, -0.25) is 0 Å². The average molecular weight is 242 g/mol. The molecule has 100 valence electrons. The topological polar surface area (TPSA) is 49.7 Å². The van der Waals surface area contributed by atoms with Crippen molar-refractivity contribution in [1.29, 1.82) is 0 Å². The van der Waals surface area contributed by atoms with E-state index < -0.39 is 6.10 Å². The minimum atomic E-state index is -0.402. The minimum Gasteiger partial charge on any atom is -0.394 e. The van der Waals surface area contributed by atoms with Gasteiger partial charge in [0, 0.05) is 5.41 Å². The molecular weight excluding hydrogens is 216 g/mol. The molecule has 2 fully saturated rings. The van der Waals surface area contributed by atoms with Gasteiger partial charge in [0.05, 0.1) is 18.8 Å². The van der Waals surface area contributed by atoms with Crippen LogP contribution in [0, 0.1) is 17.3 Å². The lowest BCUT2D eigenvalue weighted by atomic mass is 9.75. The van der Waals surface area contributed by atoms with E-state index in [2.05, 4.69) is 20.8 Å². The van der Waals surface area contributed by atoms with Gasteiger partial charge < -0.3 is 14.9 Å². The third-order valence-electron chi connectivity index (χ3n) is 5.05. The van der Waals surface area contributed by atoms with Gasteiger partial charge >= 0.3 is 0 Å². The molecule has 2 saturated carbocycles. The van der Waals surface area contributed by atoms with Gasteiger partial charge in [-0.15, -0.1) is 0 Å². The third-order valence-corrected chi connectivity index (χ3v) is 5.05. The Balaban J connectivity index is 2.11. The maximum Gasteiger partial charge on any atom is 0.104 e. The molecular formula is C14H26O3. The van der Waals surface area contributed by atoms with Crippen LogP contribution in [0.15, 0.2) is 0 Å². The molecule has 0 aromatic rings. The van der Waals surface area contributed by atoms with E-state index >= 15 is 0 Å². The van der Waals surface area contributed by atoms with Crippen LogP contribution in [-0.2, 0) is 4.74 Å². The monoisotopic (exact) mass is 242 g/mol. The first-order valence-electron chi connectivity index (χ1n) is 6.89. The second kappa shape index (κ2) is 4.52. The molecule has 0 amide bonds. The summed E-state index contributed by atoms with van der Waals surface area (Å²) in [5, 5.41) is 18.4. The molecule has 0 radical (unpaired) electrons. The van der Waals surface area contributed by atoms with Crippen LogP contribution in [-0.4, -0.2) is 35.1 Å². The van der Waals surface area contributed by atoms with Crippen LogP contribution in [0.5, 0.6) is 0 Å². The summed E-state index contributed by atoms with van der Waals surface area (Å²) in [7, 11) is 0. The van der Waals surface area contributed by atoms with Crippen molar-refractivity contribution in [2.75, 3.05) is 13.2 Å². The zero-order valence-electron chi connectivity index (χ0n) is 11.3. The summed E-state index contributed by atoms with van der Waals surface area (Å²) in [6.45, 7) is 6.66. The van der Waals surface area contributed by atoms with Crippen LogP contribution >= 0.6 is 0 Å². The van der Waals surface area contributed by atoms with Crippen molar-refractivity contribution in [1.82, 2.24) is 0 Å². The van der Waals surface area contributed by atoms with Crippen molar-refractivity contribution in [2.24, 2.45) is 17.3 Å². The first-order chi connectivity index (χ1) is 7.99. The molecule has 0 bridgehead atoms. The van der Waals surface area contributed by atoms with Crippen molar-refractivity contribution in [2.45, 2.75) is 58.2 Å². The van der Waals surface area contributed by atoms with E-state index in [0.717, 1.165) is 12.8 Å². The van der Waals surface area contributed by atoms with Crippen molar-refractivity contribution in [3.8, 4) is 0 Å². The number of hydrogen-bond donors (Lipinski definition) is 2. The number of ether oxygens (including phenoxy) is 1. The Morgan fingerprint density at radius 1 is 1.29 bits per heavy atom. The number of aliphatic hydroxyl groups excluding tert-OH is 2. The number of hydrogen-bond acceptors (Lipinski definition) is 3. The molecule has 0 aliphatic heterocycles. The molecule has 0 unspecified atom stereocenters. The highest BCUT2D eigenvalue weighted by molar-refractivity contribution is 5.21. The van der Waals surface area contributed by atoms with E-state index in [1.54, 1.807) is 0 Å². The summed E-state index contributed by atoms with van der Waals surface area (Å²) >= 11 is 0. The quantitative estimate of drug-likeness (QED) is 0.775. The second-order valence-corrected chi connectivity index (χ2v) is 6.43. The van der Waals surface area contributed by atoms with Crippen molar-refractivity contribution in [3.63, 3.8) is 0 Å². The molecule has 0 saturated heterocycles. The first kappa shape index (κ1) is 13.3. The van der Waals surface area contributed by atoms with E-state index in [0.29, 0.717) is 17.3 Å². The van der Waals surface area contributed by atoms with Crippen molar-refractivity contribution < 1.29 is 14.9 Å². The van der Waals surface area contributed by atoms with Crippen LogP contribution in [0.25, 0.3) is 0 Å². The van der Waals surface area contributed by atoms with Crippen LogP contribution in [0.4, 0.5) is 0 Å². The molecule has 3 atom stereocenters. The fourth-order valence-electron chi connectivity index (χ4n) is 3.90. The van der Waals surface area contributed by atoms with Crippen LogP contribution < -0.4 is 0 Å². The molecule has 2 aliphatic rings. The van der Waals surface area contributed by atoms with E-state index in [1.807, 2.05) is 0 Å². The highest BCUT2D eigenvalue weighted by Gasteiger charge is 2.71. The minimum absolute atomic E-state index is 0.0606. The van der Waals surface area contributed by atoms with Gasteiger partial charge in [-0.1, -0.05) is 20.8 Å². The maximum atomic E-state index is 9.19. The normalized spacial score (nSPS) is 40.8. The Hall–Kier alpha value is -0.120. The smallest absolute Gasteiger partial charge is 0.104 e. The summed E-state index contributed by atoms with van der Waals surface area (Å²) < 4.78 is 6.09. The van der Waals surface area contributed by atoms with Crippen LogP contribution in [0.2, 0.25) is 0 Å². The Morgan fingerprint density at radius 3 is 2.47 bits per heavy atom. The fraction of sp³-hybridized carbons (Fsp3) is 1.00. The van der Waals surface area contributed by atoms with Crippen LogP contribution in [0.1, 0.15) is 46.5 Å². The van der Waals surface area contributed by atoms with Gasteiger partial charge in [0.25, 0.3) is 0 Å². The van der Waals surface area contributed by atoms with E-state index in [9.17, 15) is 10.2 Å². The van der Waals surface area contributed by atoms with Gasteiger partial charge in [-0.25, -0.2) is 0 Å². The summed E-state index contributed by atoms with van der Waals surface area (Å²) in [4.78, 5) is 0. The van der Waals surface area contributed by atoms with Crippen LogP contribution in [0.3, 0.4) is 0 Å². The molecule has 3 heteroatoms. The molecule has 2 rings (SSSR count). The lowest BCUT2D eigenvalue weighted by molar-refractivity contribution is -0.117. The zero-order valence-corrected chi connectivity index (χ0v) is 11.3.